The molecule has 0 radical (unpaired) electrons. The zero-order valence-electron chi connectivity index (χ0n) is 16.8. The molecule has 6 heteroatoms. The number of nitrogens with one attached hydrogen (secondary N) is 1. The first kappa shape index (κ1) is 19.5. The Bertz CT molecular complexity index is 928. The van der Waals surface area contributed by atoms with Crippen molar-refractivity contribution < 1.29 is 14.3 Å². The molecule has 1 aliphatic rings. The third-order valence-electron chi connectivity index (χ3n) is 4.14. The molecule has 2 aromatic rings. The van der Waals surface area contributed by atoms with Crippen LogP contribution in [0.5, 0.6) is 5.75 Å². The highest BCUT2D eigenvalue weighted by Crippen LogP contribution is 2.31. The summed E-state index contributed by atoms with van der Waals surface area (Å²) >= 11 is 0. The summed E-state index contributed by atoms with van der Waals surface area (Å²) < 4.78 is 6.09. The summed E-state index contributed by atoms with van der Waals surface area (Å²) in [4.78, 5) is 27.2. The average molecular weight is 379 g/mol. The molecule has 1 saturated heterocycles. The smallest absolute Gasteiger partial charge is 0.282 e. The van der Waals surface area contributed by atoms with Crippen molar-refractivity contribution in [3.63, 3.8) is 0 Å². The van der Waals surface area contributed by atoms with Gasteiger partial charge in [0.05, 0.1) is 5.69 Å². The molecular weight excluding hydrogens is 354 g/mol. The summed E-state index contributed by atoms with van der Waals surface area (Å²) in [5, 5.41) is 1.26. The zero-order valence-corrected chi connectivity index (χ0v) is 16.8. The maximum absolute atomic E-state index is 12.8. The highest BCUT2D eigenvalue weighted by atomic mass is 16.5. The molecule has 0 bridgehead atoms. The summed E-state index contributed by atoms with van der Waals surface area (Å²) in [6.45, 7) is 5.87. The van der Waals surface area contributed by atoms with Crippen molar-refractivity contribution in [3.05, 3.63) is 59.7 Å². The van der Waals surface area contributed by atoms with Crippen LogP contribution in [0.3, 0.4) is 0 Å². The van der Waals surface area contributed by atoms with Crippen LogP contribution in [0, 0.1) is 0 Å². The van der Waals surface area contributed by atoms with Crippen LogP contribution in [0.25, 0.3) is 6.08 Å². The summed E-state index contributed by atoms with van der Waals surface area (Å²) in [5.41, 5.74) is 4.52. The number of para-hydroxylation sites is 1. The maximum atomic E-state index is 12.8. The van der Waals surface area contributed by atoms with E-state index in [1.54, 1.807) is 18.2 Å². The fourth-order valence-electron chi connectivity index (χ4n) is 2.81. The van der Waals surface area contributed by atoms with E-state index < -0.39 is 17.4 Å². The number of anilines is 2. The zero-order chi connectivity index (χ0) is 20.5. The van der Waals surface area contributed by atoms with Crippen molar-refractivity contribution in [2.24, 2.45) is 0 Å². The highest BCUT2D eigenvalue weighted by Gasteiger charge is 2.34. The van der Waals surface area contributed by atoms with E-state index in [9.17, 15) is 9.59 Å². The number of carbonyl (C=O) groups excluding carboxylic acids is 2. The quantitative estimate of drug-likeness (QED) is 0.653. The van der Waals surface area contributed by atoms with Gasteiger partial charge in [-0.3, -0.25) is 15.0 Å². The average Bonchev–Trinajstić information content (AvgIpc) is 2.90. The minimum absolute atomic E-state index is 0.0696. The lowest BCUT2D eigenvalue weighted by Gasteiger charge is -2.24. The van der Waals surface area contributed by atoms with Gasteiger partial charge >= 0.3 is 0 Å². The van der Waals surface area contributed by atoms with E-state index in [-0.39, 0.29) is 5.57 Å². The number of hydrogen-bond donors (Lipinski definition) is 1. The summed E-state index contributed by atoms with van der Waals surface area (Å²) in [6, 6.07) is 14.7. The van der Waals surface area contributed by atoms with Crippen LogP contribution in [-0.4, -0.2) is 31.5 Å². The standard InChI is InChI=1S/C22H25N3O3/c1-22(2,3)28-19-14-17(24(4)5)12-11-15(19)13-18-20(26)23-25(21(18)27)16-9-7-6-8-10-16/h6-14H,1-5H3,(H,23,26). The van der Waals surface area contributed by atoms with Gasteiger partial charge in [-0.15, -0.1) is 0 Å². The summed E-state index contributed by atoms with van der Waals surface area (Å²) in [7, 11) is 3.89. The number of amides is 2. The van der Waals surface area contributed by atoms with Crippen molar-refractivity contribution in [2.45, 2.75) is 26.4 Å². The number of carbonyl (C=O) groups is 2. The van der Waals surface area contributed by atoms with Crippen molar-refractivity contribution in [1.82, 2.24) is 5.43 Å². The summed E-state index contributed by atoms with van der Waals surface area (Å²) in [5.74, 6) is -0.216. The molecular formula is C22H25N3O3. The van der Waals surface area contributed by atoms with Crippen LogP contribution in [0.2, 0.25) is 0 Å². The second kappa shape index (κ2) is 7.38. The number of hydrazine groups is 1. The van der Waals surface area contributed by atoms with Crippen LogP contribution < -0.4 is 20.1 Å². The third-order valence-corrected chi connectivity index (χ3v) is 4.14. The molecule has 0 unspecified atom stereocenters. The molecule has 1 aliphatic heterocycles. The second-order valence-electron chi connectivity index (χ2n) is 7.81. The SMILES string of the molecule is CN(C)c1ccc(C=C2C(=O)NN(c3ccccc3)C2=O)c(OC(C)(C)C)c1. The van der Waals surface area contributed by atoms with E-state index in [1.165, 1.54) is 5.01 Å². The molecule has 2 aromatic carbocycles. The van der Waals surface area contributed by atoms with Gasteiger partial charge in [0.15, 0.2) is 0 Å². The first-order valence-corrected chi connectivity index (χ1v) is 9.08. The number of benzene rings is 2. The number of rotatable bonds is 4. The number of hydrogen-bond acceptors (Lipinski definition) is 4. The number of ether oxygens (including phenoxy) is 1. The predicted molar refractivity (Wildman–Crippen MR) is 111 cm³/mol. The molecule has 1 heterocycles. The van der Waals surface area contributed by atoms with Crippen molar-refractivity contribution in [2.75, 3.05) is 24.0 Å². The van der Waals surface area contributed by atoms with Gasteiger partial charge in [0.1, 0.15) is 16.9 Å². The normalized spacial score (nSPS) is 15.8. The van der Waals surface area contributed by atoms with Gasteiger partial charge < -0.3 is 9.64 Å². The topological polar surface area (TPSA) is 61.9 Å². The molecule has 0 aromatic heterocycles. The molecule has 1 fully saturated rings. The Balaban J connectivity index is 2.00. The van der Waals surface area contributed by atoms with E-state index in [2.05, 4.69) is 5.43 Å². The van der Waals surface area contributed by atoms with E-state index in [0.29, 0.717) is 17.0 Å². The minimum atomic E-state index is -0.438. The van der Waals surface area contributed by atoms with Crippen LogP contribution >= 0.6 is 0 Å². The molecule has 0 spiro atoms. The Morgan fingerprint density at radius 1 is 1.04 bits per heavy atom. The van der Waals surface area contributed by atoms with E-state index in [0.717, 1.165) is 5.69 Å². The fraction of sp³-hybridized carbons (Fsp3) is 0.273. The lowest BCUT2D eigenvalue weighted by Crippen LogP contribution is -2.35. The van der Waals surface area contributed by atoms with Gasteiger partial charge in [0, 0.05) is 31.4 Å². The van der Waals surface area contributed by atoms with Crippen LogP contribution in [0.1, 0.15) is 26.3 Å². The van der Waals surface area contributed by atoms with E-state index in [4.69, 9.17) is 4.74 Å². The first-order valence-electron chi connectivity index (χ1n) is 9.08. The van der Waals surface area contributed by atoms with Crippen molar-refractivity contribution in [3.8, 4) is 5.75 Å². The second-order valence-corrected chi connectivity index (χ2v) is 7.81. The molecule has 146 valence electrons. The Labute approximate surface area is 165 Å². The fourth-order valence-corrected chi connectivity index (χ4v) is 2.81. The lowest BCUT2D eigenvalue weighted by molar-refractivity contribution is -0.117. The van der Waals surface area contributed by atoms with Gasteiger partial charge in [-0.1, -0.05) is 18.2 Å². The molecule has 0 aliphatic carbocycles. The van der Waals surface area contributed by atoms with E-state index >= 15 is 0 Å². The van der Waals surface area contributed by atoms with Crippen LogP contribution in [0.15, 0.2) is 54.1 Å². The molecule has 6 nitrogen and oxygen atoms in total. The van der Waals surface area contributed by atoms with Gasteiger partial charge in [-0.25, -0.2) is 5.01 Å². The third kappa shape index (κ3) is 4.17. The largest absolute Gasteiger partial charge is 0.487 e. The molecule has 3 rings (SSSR count). The Hall–Kier alpha value is -3.28. The van der Waals surface area contributed by atoms with Crippen molar-refractivity contribution >= 4 is 29.3 Å². The maximum Gasteiger partial charge on any atom is 0.282 e. The lowest BCUT2D eigenvalue weighted by atomic mass is 10.1. The Kier molecular flexibility index (Phi) is 5.14. The molecule has 0 saturated carbocycles. The van der Waals surface area contributed by atoms with Gasteiger partial charge in [-0.2, -0.15) is 0 Å². The number of nitrogens with zero attached hydrogens (tertiary/aromatic N) is 2. The monoisotopic (exact) mass is 379 g/mol. The predicted octanol–water partition coefficient (Wildman–Crippen LogP) is 3.39. The van der Waals surface area contributed by atoms with Crippen LogP contribution in [0.4, 0.5) is 11.4 Å². The van der Waals surface area contributed by atoms with Crippen LogP contribution in [-0.2, 0) is 9.59 Å². The molecule has 0 atom stereocenters. The van der Waals surface area contributed by atoms with E-state index in [1.807, 2.05) is 76.2 Å². The Morgan fingerprint density at radius 3 is 2.32 bits per heavy atom. The summed E-state index contributed by atoms with van der Waals surface area (Å²) in [6.07, 6.45) is 1.58. The van der Waals surface area contributed by atoms with Gasteiger partial charge in [0.2, 0.25) is 0 Å². The Morgan fingerprint density at radius 2 is 1.71 bits per heavy atom. The van der Waals surface area contributed by atoms with Crippen molar-refractivity contribution in [1.29, 1.82) is 0 Å². The first-order chi connectivity index (χ1) is 13.2. The van der Waals surface area contributed by atoms with Gasteiger partial charge in [-0.05, 0) is 51.1 Å². The molecule has 1 N–H and O–H groups in total. The molecule has 28 heavy (non-hydrogen) atoms. The molecule has 2 amide bonds. The van der Waals surface area contributed by atoms with Gasteiger partial charge in [0.25, 0.3) is 11.8 Å². The highest BCUT2D eigenvalue weighted by molar-refractivity contribution is 6.31. The minimum Gasteiger partial charge on any atom is -0.487 e.